The van der Waals surface area contributed by atoms with Crippen LogP contribution in [-0.2, 0) is 19.2 Å². The van der Waals surface area contributed by atoms with Gasteiger partial charge in [-0.2, -0.15) is 10.2 Å². The summed E-state index contributed by atoms with van der Waals surface area (Å²) in [4.78, 5) is 4.60. The number of rotatable bonds is 7. The third-order valence-electron chi connectivity index (χ3n) is 4.35. The van der Waals surface area contributed by atoms with Crippen molar-refractivity contribution in [1.29, 1.82) is 0 Å². The number of nitrogens with one attached hydrogen (secondary N) is 2. The second kappa shape index (κ2) is 10.4. The van der Waals surface area contributed by atoms with E-state index < -0.39 is 5.60 Å². The molecule has 29 heavy (non-hydrogen) atoms. The van der Waals surface area contributed by atoms with E-state index >= 15 is 0 Å². The van der Waals surface area contributed by atoms with E-state index in [-0.39, 0.29) is 24.0 Å². The second-order valence-electron chi connectivity index (χ2n) is 6.85. The highest BCUT2D eigenvalue weighted by Crippen LogP contribution is 2.18. The highest BCUT2D eigenvalue weighted by atomic mass is 127. The minimum Gasteiger partial charge on any atom is -0.383 e. The molecule has 2 heterocycles. The maximum Gasteiger partial charge on any atom is 0.191 e. The van der Waals surface area contributed by atoms with E-state index in [0.717, 1.165) is 23.4 Å². The Labute approximate surface area is 188 Å². The van der Waals surface area contributed by atoms with Gasteiger partial charge < -0.3 is 15.7 Å². The molecule has 1 aromatic carbocycles. The van der Waals surface area contributed by atoms with Crippen LogP contribution >= 0.6 is 24.0 Å². The molecule has 9 heteroatoms. The van der Waals surface area contributed by atoms with Gasteiger partial charge in [-0.1, -0.05) is 18.2 Å². The Hall–Kier alpha value is -2.40. The summed E-state index contributed by atoms with van der Waals surface area (Å²) in [6.45, 7) is 5.28. The first-order valence-corrected chi connectivity index (χ1v) is 9.30. The number of aliphatic hydroxyl groups is 1. The van der Waals surface area contributed by atoms with Crippen molar-refractivity contribution < 1.29 is 5.11 Å². The Balaban J connectivity index is 0.00000300. The largest absolute Gasteiger partial charge is 0.383 e. The number of hydrogen-bond donors (Lipinski definition) is 3. The number of hydrogen-bond acceptors (Lipinski definition) is 4. The van der Waals surface area contributed by atoms with Crippen LogP contribution in [0, 0.1) is 0 Å². The highest BCUT2D eigenvalue weighted by Gasteiger charge is 2.25. The van der Waals surface area contributed by atoms with E-state index in [1.54, 1.807) is 17.8 Å². The fraction of sp³-hybridized carbons (Fsp3) is 0.350. The maximum atomic E-state index is 10.7. The van der Waals surface area contributed by atoms with Crippen molar-refractivity contribution in [1.82, 2.24) is 30.2 Å². The van der Waals surface area contributed by atoms with Crippen LogP contribution in [0.1, 0.15) is 25.0 Å². The van der Waals surface area contributed by atoms with Gasteiger partial charge in [0.1, 0.15) is 5.60 Å². The molecule has 3 N–H and O–H groups in total. The van der Waals surface area contributed by atoms with Gasteiger partial charge in [0.05, 0.1) is 31.2 Å². The van der Waals surface area contributed by atoms with Crippen LogP contribution in [0.25, 0.3) is 5.69 Å². The third-order valence-corrected chi connectivity index (χ3v) is 4.35. The molecule has 0 aliphatic carbocycles. The zero-order valence-corrected chi connectivity index (χ0v) is 19.2. The fourth-order valence-corrected chi connectivity index (χ4v) is 2.73. The average Bonchev–Trinajstić information content (AvgIpc) is 3.34. The van der Waals surface area contributed by atoms with Crippen molar-refractivity contribution in [2.75, 3.05) is 13.1 Å². The van der Waals surface area contributed by atoms with Gasteiger partial charge in [-0.25, -0.2) is 9.67 Å². The van der Waals surface area contributed by atoms with E-state index in [2.05, 4.69) is 25.8 Å². The predicted molar refractivity (Wildman–Crippen MR) is 125 cm³/mol. The monoisotopic (exact) mass is 509 g/mol. The van der Waals surface area contributed by atoms with Gasteiger partial charge in [-0.05, 0) is 26.0 Å². The predicted octanol–water partition coefficient (Wildman–Crippen LogP) is 2.19. The van der Waals surface area contributed by atoms with Crippen LogP contribution in [0.2, 0.25) is 0 Å². The number of halogens is 1. The Bertz CT molecular complexity index is 918. The number of aryl methyl sites for hydroxylation is 1. The standard InChI is InChI=1S/C20H27N7O.HI/c1-4-21-19(23-15-20(2,28)17-12-24-26(3)14-17)22-10-16-11-25-27(13-16)18-8-6-5-7-9-18;/h5-9,11-14,28H,4,10,15H2,1-3H3,(H2,21,22,23);1H. The zero-order valence-electron chi connectivity index (χ0n) is 16.9. The topological polar surface area (TPSA) is 92.3 Å². The summed E-state index contributed by atoms with van der Waals surface area (Å²) in [5.41, 5.74) is 1.71. The molecular weight excluding hydrogens is 481 g/mol. The lowest BCUT2D eigenvalue weighted by Gasteiger charge is -2.23. The van der Waals surface area contributed by atoms with Crippen LogP contribution in [0.3, 0.4) is 0 Å². The second-order valence-corrected chi connectivity index (χ2v) is 6.85. The minimum atomic E-state index is -1.05. The summed E-state index contributed by atoms with van der Waals surface area (Å²) in [5.74, 6) is 0.638. The molecule has 0 aliphatic rings. The quantitative estimate of drug-likeness (QED) is 0.258. The number of aliphatic imine (C=N–C) groups is 1. The SMILES string of the molecule is CCNC(=NCc1cnn(-c2ccccc2)c1)NCC(C)(O)c1cnn(C)c1.I. The lowest BCUT2D eigenvalue weighted by Crippen LogP contribution is -2.44. The molecule has 0 radical (unpaired) electrons. The molecule has 3 aromatic rings. The minimum absolute atomic E-state index is 0. The Morgan fingerprint density at radius 1 is 1.14 bits per heavy atom. The molecule has 3 rings (SSSR count). The lowest BCUT2D eigenvalue weighted by molar-refractivity contribution is 0.0616. The fourth-order valence-electron chi connectivity index (χ4n) is 2.73. The zero-order chi connectivity index (χ0) is 20.0. The van der Waals surface area contributed by atoms with Crippen molar-refractivity contribution in [3.05, 3.63) is 66.2 Å². The van der Waals surface area contributed by atoms with Gasteiger partial charge in [-0.15, -0.1) is 24.0 Å². The third kappa shape index (κ3) is 6.29. The number of benzene rings is 1. The van der Waals surface area contributed by atoms with Crippen LogP contribution in [0.4, 0.5) is 0 Å². The summed E-state index contributed by atoms with van der Waals surface area (Å²) in [6.07, 6.45) is 7.26. The molecule has 0 fully saturated rings. The number of para-hydroxylation sites is 1. The van der Waals surface area contributed by atoms with Crippen molar-refractivity contribution >= 4 is 29.9 Å². The van der Waals surface area contributed by atoms with E-state index in [1.165, 1.54) is 0 Å². The Kier molecular flexibility index (Phi) is 8.21. The van der Waals surface area contributed by atoms with Crippen molar-refractivity contribution in [3.8, 4) is 5.69 Å². The normalized spacial score (nSPS) is 13.4. The van der Waals surface area contributed by atoms with Gasteiger partial charge in [0.25, 0.3) is 0 Å². The molecule has 1 atom stereocenters. The van der Waals surface area contributed by atoms with Crippen molar-refractivity contribution in [3.63, 3.8) is 0 Å². The Morgan fingerprint density at radius 2 is 1.90 bits per heavy atom. The van der Waals surface area contributed by atoms with Gasteiger partial charge in [0.15, 0.2) is 5.96 Å². The summed E-state index contributed by atoms with van der Waals surface area (Å²) in [7, 11) is 1.83. The van der Waals surface area contributed by atoms with Crippen LogP contribution in [-0.4, -0.2) is 43.7 Å². The molecule has 2 aromatic heterocycles. The molecule has 0 amide bonds. The first-order valence-electron chi connectivity index (χ1n) is 9.30. The number of nitrogens with zero attached hydrogens (tertiary/aromatic N) is 5. The summed E-state index contributed by atoms with van der Waals surface area (Å²) >= 11 is 0. The van der Waals surface area contributed by atoms with E-state index in [1.807, 2.05) is 67.6 Å². The van der Waals surface area contributed by atoms with Crippen LogP contribution in [0.5, 0.6) is 0 Å². The maximum absolute atomic E-state index is 10.7. The first-order chi connectivity index (χ1) is 13.5. The highest BCUT2D eigenvalue weighted by molar-refractivity contribution is 14.0. The van der Waals surface area contributed by atoms with Crippen LogP contribution < -0.4 is 10.6 Å². The van der Waals surface area contributed by atoms with Crippen LogP contribution in [0.15, 0.2) is 60.1 Å². The van der Waals surface area contributed by atoms with Crippen molar-refractivity contribution in [2.24, 2.45) is 12.0 Å². The molecule has 0 saturated carbocycles. The molecule has 0 aliphatic heterocycles. The van der Waals surface area contributed by atoms with Gasteiger partial charge >= 0.3 is 0 Å². The van der Waals surface area contributed by atoms with Gasteiger partial charge in [0, 0.05) is 37.1 Å². The smallest absolute Gasteiger partial charge is 0.191 e. The molecule has 0 bridgehead atoms. The van der Waals surface area contributed by atoms with E-state index in [9.17, 15) is 5.11 Å². The summed E-state index contributed by atoms with van der Waals surface area (Å²) < 4.78 is 3.51. The number of aromatic nitrogens is 4. The first kappa shape index (κ1) is 22.9. The lowest BCUT2D eigenvalue weighted by atomic mass is 10.00. The van der Waals surface area contributed by atoms with E-state index in [0.29, 0.717) is 19.0 Å². The van der Waals surface area contributed by atoms with E-state index in [4.69, 9.17) is 0 Å². The molecule has 0 spiro atoms. The molecule has 1 unspecified atom stereocenters. The summed E-state index contributed by atoms with van der Waals surface area (Å²) in [6, 6.07) is 9.96. The van der Waals surface area contributed by atoms with Gasteiger partial charge in [0.2, 0.25) is 0 Å². The average molecular weight is 509 g/mol. The molecular formula is C20H28IN7O. The van der Waals surface area contributed by atoms with Gasteiger partial charge in [-0.3, -0.25) is 4.68 Å². The summed E-state index contributed by atoms with van der Waals surface area (Å²) in [5, 5.41) is 25.6. The molecule has 0 saturated heterocycles. The van der Waals surface area contributed by atoms with Crippen molar-refractivity contribution in [2.45, 2.75) is 26.0 Å². The Morgan fingerprint density at radius 3 is 2.55 bits per heavy atom. The molecule has 8 nitrogen and oxygen atoms in total. The molecule has 156 valence electrons. The number of guanidine groups is 1.